The van der Waals surface area contributed by atoms with E-state index in [0.717, 1.165) is 29.8 Å². The molecule has 1 aliphatic rings. The highest BCUT2D eigenvalue weighted by Gasteiger charge is 2.26. The first kappa shape index (κ1) is 19.1. The van der Waals surface area contributed by atoms with Gasteiger partial charge in [0.1, 0.15) is 5.75 Å². The number of hydrogen-bond donors (Lipinski definition) is 3. The van der Waals surface area contributed by atoms with Gasteiger partial charge in [-0.1, -0.05) is 13.3 Å². The summed E-state index contributed by atoms with van der Waals surface area (Å²) in [6.07, 6.45) is 4.74. The van der Waals surface area contributed by atoms with Gasteiger partial charge in [-0.2, -0.15) is 0 Å². The van der Waals surface area contributed by atoms with Crippen LogP contribution in [-0.4, -0.2) is 29.8 Å². The number of aliphatic carboxylic acids is 1. The minimum Gasteiger partial charge on any atom is -0.494 e. The topological polar surface area (TPSA) is 87.7 Å². The molecule has 6 heteroatoms. The molecule has 0 atom stereocenters. The number of anilines is 1. The quantitative estimate of drug-likeness (QED) is 0.651. The molecule has 0 saturated heterocycles. The Morgan fingerprint density at radius 3 is 2.56 bits per heavy atom. The number of amides is 2. The van der Waals surface area contributed by atoms with Crippen molar-refractivity contribution in [1.82, 2.24) is 5.32 Å². The van der Waals surface area contributed by atoms with Gasteiger partial charge in [0, 0.05) is 11.7 Å². The fraction of sp³-hybridized carbons (Fsp3) is 0.579. The van der Waals surface area contributed by atoms with Gasteiger partial charge in [-0.15, -0.1) is 0 Å². The van der Waals surface area contributed by atoms with Gasteiger partial charge in [0.05, 0.1) is 12.5 Å². The summed E-state index contributed by atoms with van der Waals surface area (Å²) in [7, 11) is 0. The Labute approximate surface area is 149 Å². The lowest BCUT2D eigenvalue weighted by atomic mass is 9.86. The maximum atomic E-state index is 12.2. The van der Waals surface area contributed by atoms with Crippen molar-refractivity contribution in [3.63, 3.8) is 0 Å². The van der Waals surface area contributed by atoms with Gasteiger partial charge in [-0.05, 0) is 62.8 Å². The summed E-state index contributed by atoms with van der Waals surface area (Å²) in [5.41, 5.74) is 1.69. The van der Waals surface area contributed by atoms with Crippen LogP contribution in [0, 0.1) is 12.8 Å². The van der Waals surface area contributed by atoms with Crippen LogP contribution in [0.3, 0.4) is 0 Å². The normalized spacial score (nSPS) is 19.9. The Bertz CT molecular complexity index is 595. The zero-order valence-corrected chi connectivity index (χ0v) is 15.0. The molecule has 1 fully saturated rings. The van der Waals surface area contributed by atoms with E-state index in [4.69, 9.17) is 9.84 Å². The van der Waals surface area contributed by atoms with E-state index in [1.807, 2.05) is 25.1 Å². The molecule has 0 unspecified atom stereocenters. The summed E-state index contributed by atoms with van der Waals surface area (Å²) < 4.78 is 5.66. The summed E-state index contributed by atoms with van der Waals surface area (Å²) in [6.45, 7) is 4.75. The van der Waals surface area contributed by atoms with E-state index in [2.05, 4.69) is 17.6 Å². The smallest absolute Gasteiger partial charge is 0.319 e. The number of benzene rings is 1. The van der Waals surface area contributed by atoms with Crippen molar-refractivity contribution < 1.29 is 19.4 Å². The maximum absolute atomic E-state index is 12.2. The second kappa shape index (κ2) is 9.30. The summed E-state index contributed by atoms with van der Waals surface area (Å²) in [6, 6.07) is 5.41. The standard InChI is InChI=1S/C19H28N2O4/c1-3-4-11-25-16-9-10-17(13(2)12-16)21-19(24)20-15-7-5-14(6-8-15)18(22)23/h9-10,12,14-15H,3-8,11H2,1-2H3,(H,22,23)(H2,20,21,24). The molecule has 2 rings (SSSR count). The molecular formula is C19H28N2O4. The molecule has 1 aromatic rings. The fourth-order valence-corrected chi connectivity index (χ4v) is 3.03. The van der Waals surface area contributed by atoms with Gasteiger partial charge in [0.15, 0.2) is 0 Å². The van der Waals surface area contributed by atoms with E-state index in [0.29, 0.717) is 32.3 Å². The zero-order chi connectivity index (χ0) is 18.2. The lowest BCUT2D eigenvalue weighted by molar-refractivity contribution is -0.142. The lowest BCUT2D eigenvalue weighted by Crippen LogP contribution is -2.41. The predicted molar refractivity (Wildman–Crippen MR) is 97.1 cm³/mol. The van der Waals surface area contributed by atoms with Gasteiger partial charge in [-0.25, -0.2) is 4.79 Å². The molecular weight excluding hydrogens is 320 g/mol. The van der Waals surface area contributed by atoms with Gasteiger partial charge >= 0.3 is 12.0 Å². The fourth-order valence-electron chi connectivity index (χ4n) is 3.03. The number of carbonyl (C=O) groups excluding carboxylic acids is 1. The van der Waals surface area contributed by atoms with Crippen molar-refractivity contribution in [2.75, 3.05) is 11.9 Å². The van der Waals surface area contributed by atoms with Crippen LogP contribution < -0.4 is 15.4 Å². The van der Waals surface area contributed by atoms with Crippen LogP contribution in [0.5, 0.6) is 5.75 Å². The number of hydrogen-bond acceptors (Lipinski definition) is 3. The van der Waals surface area contributed by atoms with Crippen LogP contribution in [0.1, 0.15) is 51.0 Å². The van der Waals surface area contributed by atoms with Crippen LogP contribution in [0.4, 0.5) is 10.5 Å². The SMILES string of the molecule is CCCCOc1ccc(NC(=O)NC2CCC(C(=O)O)CC2)c(C)c1. The molecule has 1 saturated carbocycles. The Morgan fingerprint density at radius 2 is 1.96 bits per heavy atom. The molecule has 138 valence electrons. The van der Waals surface area contributed by atoms with Gasteiger partial charge in [-0.3, -0.25) is 4.79 Å². The average Bonchev–Trinajstić information content (AvgIpc) is 2.58. The minimum absolute atomic E-state index is 0.0348. The zero-order valence-electron chi connectivity index (χ0n) is 15.0. The Morgan fingerprint density at radius 1 is 1.24 bits per heavy atom. The summed E-state index contributed by atoms with van der Waals surface area (Å²) in [4.78, 5) is 23.1. The van der Waals surface area contributed by atoms with Crippen molar-refractivity contribution >= 4 is 17.7 Å². The Kier molecular flexibility index (Phi) is 7.10. The molecule has 3 N–H and O–H groups in total. The summed E-state index contributed by atoms with van der Waals surface area (Å²) >= 11 is 0. The molecule has 0 aliphatic heterocycles. The summed E-state index contributed by atoms with van der Waals surface area (Å²) in [5.74, 6) is -0.202. The maximum Gasteiger partial charge on any atom is 0.319 e. The predicted octanol–water partition coefficient (Wildman–Crippen LogP) is 3.94. The second-order valence-electron chi connectivity index (χ2n) is 6.66. The highest BCUT2D eigenvalue weighted by Crippen LogP contribution is 2.25. The highest BCUT2D eigenvalue weighted by molar-refractivity contribution is 5.90. The van der Waals surface area contributed by atoms with Crippen molar-refractivity contribution in [3.05, 3.63) is 23.8 Å². The number of carboxylic acid groups (broad SMARTS) is 1. The van der Waals surface area contributed by atoms with Crippen molar-refractivity contribution in [3.8, 4) is 5.75 Å². The summed E-state index contributed by atoms with van der Waals surface area (Å²) in [5, 5.41) is 14.8. The van der Waals surface area contributed by atoms with Crippen LogP contribution in [0.25, 0.3) is 0 Å². The van der Waals surface area contributed by atoms with Crippen LogP contribution in [0.15, 0.2) is 18.2 Å². The van der Waals surface area contributed by atoms with E-state index in [1.165, 1.54) is 0 Å². The monoisotopic (exact) mass is 348 g/mol. The molecule has 2 amide bonds. The van der Waals surface area contributed by atoms with E-state index in [9.17, 15) is 9.59 Å². The molecule has 0 radical (unpaired) electrons. The number of unbranched alkanes of at least 4 members (excludes halogenated alkanes) is 1. The van der Waals surface area contributed by atoms with Crippen molar-refractivity contribution in [1.29, 1.82) is 0 Å². The molecule has 1 aliphatic carbocycles. The number of nitrogens with one attached hydrogen (secondary N) is 2. The minimum atomic E-state index is -0.736. The van der Waals surface area contributed by atoms with Gasteiger partial charge in [0.25, 0.3) is 0 Å². The van der Waals surface area contributed by atoms with E-state index >= 15 is 0 Å². The van der Waals surface area contributed by atoms with E-state index in [1.54, 1.807) is 0 Å². The van der Waals surface area contributed by atoms with Crippen molar-refractivity contribution in [2.24, 2.45) is 5.92 Å². The number of carbonyl (C=O) groups is 2. The number of aryl methyl sites for hydroxylation is 1. The first-order chi connectivity index (χ1) is 12.0. The van der Waals surface area contributed by atoms with E-state index in [-0.39, 0.29) is 18.0 Å². The number of ether oxygens (including phenoxy) is 1. The van der Waals surface area contributed by atoms with E-state index < -0.39 is 5.97 Å². The van der Waals surface area contributed by atoms with Gasteiger partial charge < -0.3 is 20.5 Å². The van der Waals surface area contributed by atoms with Gasteiger partial charge in [0.2, 0.25) is 0 Å². The molecule has 0 bridgehead atoms. The highest BCUT2D eigenvalue weighted by atomic mass is 16.5. The average molecular weight is 348 g/mol. The first-order valence-corrected chi connectivity index (χ1v) is 9.03. The first-order valence-electron chi connectivity index (χ1n) is 9.03. The largest absolute Gasteiger partial charge is 0.494 e. The molecule has 0 aromatic heterocycles. The number of rotatable bonds is 7. The molecule has 1 aromatic carbocycles. The van der Waals surface area contributed by atoms with Crippen LogP contribution in [-0.2, 0) is 4.79 Å². The van der Waals surface area contributed by atoms with Crippen LogP contribution in [0.2, 0.25) is 0 Å². The molecule has 6 nitrogen and oxygen atoms in total. The third-order valence-electron chi connectivity index (χ3n) is 4.62. The molecule has 0 heterocycles. The molecule has 0 spiro atoms. The second-order valence-corrected chi connectivity index (χ2v) is 6.66. The number of carboxylic acids is 1. The van der Waals surface area contributed by atoms with Crippen molar-refractivity contribution in [2.45, 2.75) is 58.4 Å². The number of urea groups is 1. The Balaban J connectivity index is 1.81. The lowest BCUT2D eigenvalue weighted by Gasteiger charge is -2.27. The third kappa shape index (κ3) is 5.96. The third-order valence-corrected chi connectivity index (χ3v) is 4.62. The van der Waals surface area contributed by atoms with Crippen LogP contribution >= 0.6 is 0 Å². The Hall–Kier alpha value is -2.24. The molecule has 25 heavy (non-hydrogen) atoms.